The summed E-state index contributed by atoms with van der Waals surface area (Å²) in [4.78, 5) is 16.9. The molecular formula is C28H28N4. The first-order valence-corrected chi connectivity index (χ1v) is 11.2. The van der Waals surface area contributed by atoms with Gasteiger partial charge in [0.25, 0.3) is 0 Å². The van der Waals surface area contributed by atoms with Crippen molar-refractivity contribution in [2.45, 2.75) is 40.5 Å². The van der Waals surface area contributed by atoms with E-state index in [4.69, 9.17) is 9.97 Å². The Morgan fingerprint density at radius 3 is 1.50 bits per heavy atom. The molecule has 4 nitrogen and oxygen atoms in total. The van der Waals surface area contributed by atoms with Gasteiger partial charge in [0.05, 0.1) is 22.8 Å². The minimum Gasteiger partial charge on any atom is -0.355 e. The van der Waals surface area contributed by atoms with Gasteiger partial charge < -0.3 is 9.97 Å². The zero-order valence-corrected chi connectivity index (χ0v) is 19.2. The van der Waals surface area contributed by atoms with Crippen LogP contribution in [0, 0.1) is 13.8 Å². The number of hydrogen-bond acceptors (Lipinski definition) is 2. The average Bonchev–Trinajstić information content (AvgIpc) is 3.47. The summed E-state index contributed by atoms with van der Waals surface area (Å²) >= 11 is 0. The second-order valence-corrected chi connectivity index (χ2v) is 8.53. The van der Waals surface area contributed by atoms with Gasteiger partial charge in [0, 0.05) is 33.2 Å². The highest BCUT2D eigenvalue weighted by Gasteiger charge is 2.17. The van der Waals surface area contributed by atoms with E-state index in [-0.39, 0.29) is 0 Å². The Kier molecular flexibility index (Phi) is 4.74. The molecule has 4 heteroatoms. The molecule has 0 amide bonds. The summed E-state index contributed by atoms with van der Waals surface area (Å²) in [6.07, 6.45) is 6.00. The first-order chi connectivity index (χ1) is 15.4. The van der Waals surface area contributed by atoms with Gasteiger partial charge in [0.2, 0.25) is 0 Å². The maximum Gasteiger partial charge on any atom is 0.0730 e. The maximum atomic E-state index is 4.92. The van der Waals surface area contributed by atoms with Crippen LogP contribution in [0.5, 0.6) is 0 Å². The standard InChI is InChI=1S/C28H28N4/c1-7-21-17(5)23-11-19-9-10-20(29-19)12-24-18(6)22(8-2)28(32-24)14-26-16(4)15(3)25(30-26)13-27(21)31-23/h9-14,31-32H,3-4,7-8H2,1-2,5-6H3. The van der Waals surface area contributed by atoms with E-state index in [1.165, 1.54) is 22.3 Å². The Morgan fingerprint density at radius 2 is 1.09 bits per heavy atom. The predicted molar refractivity (Wildman–Crippen MR) is 136 cm³/mol. The minimum atomic E-state index is 0.859. The van der Waals surface area contributed by atoms with Crippen LogP contribution in [0.4, 0.5) is 0 Å². The number of rotatable bonds is 2. The van der Waals surface area contributed by atoms with Gasteiger partial charge in [-0.05, 0) is 85.4 Å². The molecule has 5 heterocycles. The number of aromatic amines is 2. The van der Waals surface area contributed by atoms with Gasteiger partial charge in [-0.2, -0.15) is 0 Å². The molecule has 3 aromatic rings. The van der Waals surface area contributed by atoms with Crippen molar-refractivity contribution in [3.63, 3.8) is 0 Å². The molecular weight excluding hydrogens is 392 g/mol. The fourth-order valence-corrected chi connectivity index (χ4v) is 4.74. The third-order valence-corrected chi connectivity index (χ3v) is 6.66. The van der Waals surface area contributed by atoms with Crippen LogP contribution in [-0.2, 0) is 12.8 Å². The van der Waals surface area contributed by atoms with Crippen molar-refractivity contribution in [2.75, 3.05) is 0 Å². The molecule has 2 N–H and O–H groups in total. The summed E-state index contributed by atoms with van der Waals surface area (Å²) in [5.74, 6) is 0. The lowest BCUT2D eigenvalue weighted by Crippen LogP contribution is -1.82. The van der Waals surface area contributed by atoms with Gasteiger partial charge in [0.1, 0.15) is 0 Å². The van der Waals surface area contributed by atoms with Crippen LogP contribution >= 0.6 is 0 Å². The van der Waals surface area contributed by atoms with Gasteiger partial charge in [-0.1, -0.05) is 27.0 Å². The molecule has 0 aromatic carbocycles. The lowest BCUT2D eigenvalue weighted by molar-refractivity contribution is 1.14. The van der Waals surface area contributed by atoms with E-state index in [2.05, 4.69) is 87.2 Å². The molecule has 0 atom stereocenters. The van der Waals surface area contributed by atoms with Gasteiger partial charge in [-0.3, -0.25) is 0 Å². The van der Waals surface area contributed by atoms with Crippen molar-refractivity contribution in [3.05, 3.63) is 82.5 Å². The topological polar surface area (TPSA) is 57.4 Å². The van der Waals surface area contributed by atoms with E-state index in [1.54, 1.807) is 0 Å². The molecule has 32 heavy (non-hydrogen) atoms. The molecule has 8 bridgehead atoms. The first kappa shape index (κ1) is 20.3. The number of nitrogens with one attached hydrogen (secondary N) is 2. The van der Waals surface area contributed by atoms with Crippen LogP contribution < -0.4 is 0 Å². The van der Waals surface area contributed by atoms with Gasteiger partial charge in [0.15, 0.2) is 0 Å². The fourth-order valence-electron chi connectivity index (χ4n) is 4.74. The number of aromatic nitrogens is 4. The number of nitrogens with zero attached hydrogens (tertiary/aromatic N) is 2. The summed E-state index contributed by atoms with van der Waals surface area (Å²) in [5.41, 5.74) is 14.7. The molecule has 0 saturated carbocycles. The monoisotopic (exact) mass is 420 g/mol. The van der Waals surface area contributed by atoms with Crippen LogP contribution in [0.2, 0.25) is 0 Å². The van der Waals surface area contributed by atoms with Crippen molar-refractivity contribution in [1.29, 1.82) is 0 Å². The highest BCUT2D eigenvalue weighted by Crippen LogP contribution is 2.33. The molecule has 0 spiro atoms. The summed E-state index contributed by atoms with van der Waals surface area (Å²) in [7, 11) is 0. The Balaban J connectivity index is 1.96. The molecule has 0 radical (unpaired) electrons. The summed E-state index contributed by atoms with van der Waals surface area (Å²) in [6, 6.07) is 8.45. The van der Waals surface area contributed by atoms with Gasteiger partial charge >= 0.3 is 0 Å². The lowest BCUT2D eigenvalue weighted by Gasteiger charge is -1.97. The van der Waals surface area contributed by atoms with E-state index < -0.39 is 0 Å². The second kappa shape index (κ2) is 7.49. The highest BCUT2D eigenvalue weighted by atomic mass is 14.8. The van der Waals surface area contributed by atoms with Crippen LogP contribution in [0.25, 0.3) is 45.4 Å². The van der Waals surface area contributed by atoms with E-state index in [9.17, 15) is 0 Å². The summed E-state index contributed by atoms with van der Waals surface area (Å²) in [5, 5.41) is 0. The Bertz CT molecular complexity index is 1380. The number of aryl methyl sites for hydroxylation is 4. The van der Waals surface area contributed by atoms with Gasteiger partial charge in [-0.15, -0.1) is 0 Å². The van der Waals surface area contributed by atoms with E-state index >= 15 is 0 Å². The highest BCUT2D eigenvalue weighted by molar-refractivity contribution is 6.05. The number of H-pyrrole nitrogens is 2. The van der Waals surface area contributed by atoms with Gasteiger partial charge in [-0.25, -0.2) is 9.97 Å². The Labute approximate surface area is 188 Å². The third kappa shape index (κ3) is 3.14. The smallest absolute Gasteiger partial charge is 0.0730 e. The zero-order chi connectivity index (χ0) is 22.6. The number of hydrogen-bond donors (Lipinski definition) is 2. The van der Waals surface area contributed by atoms with E-state index in [0.717, 1.165) is 68.8 Å². The fraction of sp³-hybridized carbons (Fsp3) is 0.214. The summed E-state index contributed by atoms with van der Waals surface area (Å²) < 4.78 is 0. The lowest BCUT2D eigenvalue weighted by atomic mass is 10.0. The van der Waals surface area contributed by atoms with E-state index in [1.807, 2.05) is 0 Å². The zero-order valence-electron chi connectivity index (χ0n) is 19.2. The number of fused-ring (bicyclic) bond motifs is 8. The Morgan fingerprint density at radius 1 is 0.656 bits per heavy atom. The molecule has 2 aliphatic heterocycles. The third-order valence-electron chi connectivity index (χ3n) is 6.66. The molecule has 0 aliphatic carbocycles. The molecule has 0 unspecified atom stereocenters. The first-order valence-electron chi connectivity index (χ1n) is 11.2. The van der Waals surface area contributed by atoms with Crippen molar-refractivity contribution < 1.29 is 0 Å². The second-order valence-electron chi connectivity index (χ2n) is 8.53. The molecule has 160 valence electrons. The molecule has 2 aliphatic rings. The molecule has 3 aromatic heterocycles. The van der Waals surface area contributed by atoms with Crippen molar-refractivity contribution in [2.24, 2.45) is 0 Å². The molecule has 5 rings (SSSR count). The summed E-state index contributed by atoms with van der Waals surface area (Å²) in [6.45, 7) is 17.2. The van der Waals surface area contributed by atoms with E-state index in [0.29, 0.717) is 0 Å². The average molecular weight is 421 g/mol. The van der Waals surface area contributed by atoms with Crippen molar-refractivity contribution >= 4 is 45.4 Å². The van der Waals surface area contributed by atoms with Crippen LogP contribution in [0.1, 0.15) is 58.9 Å². The van der Waals surface area contributed by atoms with Crippen LogP contribution in [0.15, 0.2) is 37.4 Å². The SMILES string of the molecule is C=C1C(=C)c2cc3[nH]c(cc4nc(cc5[nH]c(cc1n2)c(CC)c5C)C=C4)c(C)c3CC. The molecule has 0 saturated heterocycles. The largest absolute Gasteiger partial charge is 0.355 e. The van der Waals surface area contributed by atoms with Crippen LogP contribution in [-0.4, -0.2) is 19.9 Å². The Hall–Kier alpha value is -3.66. The minimum absolute atomic E-state index is 0.859. The van der Waals surface area contributed by atoms with Crippen molar-refractivity contribution in [3.8, 4) is 0 Å². The quantitative estimate of drug-likeness (QED) is 0.368. The molecule has 0 fully saturated rings. The van der Waals surface area contributed by atoms with Crippen LogP contribution in [0.3, 0.4) is 0 Å². The predicted octanol–water partition coefficient (Wildman–Crippen LogP) is 6.95. The maximum absolute atomic E-state index is 4.92. The number of allylic oxidation sites excluding steroid dienone is 2. The van der Waals surface area contributed by atoms with Crippen molar-refractivity contribution in [1.82, 2.24) is 19.9 Å². The normalized spacial score (nSPS) is 13.2.